The minimum absolute atomic E-state index is 0.178. The maximum Gasteiger partial charge on any atom is 0.226 e. The van der Waals surface area contributed by atoms with Crippen LogP contribution in [0.4, 0.5) is 0 Å². The first-order valence-electron chi connectivity index (χ1n) is 6.12. The van der Waals surface area contributed by atoms with E-state index in [4.69, 9.17) is 4.74 Å². The van der Waals surface area contributed by atoms with Gasteiger partial charge in [0.25, 0.3) is 0 Å². The normalized spacial score (nSPS) is 20.2. The van der Waals surface area contributed by atoms with Crippen molar-refractivity contribution in [2.75, 3.05) is 20.2 Å². The van der Waals surface area contributed by atoms with Crippen LogP contribution in [-0.2, 0) is 16.0 Å². The average molecular weight is 253 g/mol. The topological polar surface area (TPSA) is 29.5 Å². The van der Waals surface area contributed by atoms with Crippen LogP contribution in [0.15, 0.2) is 16.8 Å². The number of rotatable bonds is 4. The predicted molar refractivity (Wildman–Crippen MR) is 69.3 cm³/mol. The van der Waals surface area contributed by atoms with Gasteiger partial charge >= 0.3 is 0 Å². The lowest BCUT2D eigenvalue weighted by atomic mass is 10.1. The number of thiophene rings is 1. The van der Waals surface area contributed by atoms with Gasteiger partial charge in [0.2, 0.25) is 5.91 Å². The van der Waals surface area contributed by atoms with E-state index in [2.05, 4.69) is 0 Å². The molecule has 0 aliphatic carbocycles. The molecule has 1 aliphatic rings. The lowest BCUT2D eigenvalue weighted by Crippen LogP contribution is -2.37. The number of likely N-dealkylation sites (N-methyl/N-ethyl adjacent to an activating group) is 1. The van der Waals surface area contributed by atoms with Gasteiger partial charge in [-0.05, 0) is 41.7 Å². The maximum absolute atomic E-state index is 12.0. The Kier molecular flexibility index (Phi) is 4.57. The zero-order valence-corrected chi connectivity index (χ0v) is 11.0. The highest BCUT2D eigenvalue weighted by Gasteiger charge is 2.18. The van der Waals surface area contributed by atoms with E-state index >= 15 is 0 Å². The average Bonchev–Trinajstić information content (AvgIpc) is 2.83. The van der Waals surface area contributed by atoms with Gasteiger partial charge in [-0.2, -0.15) is 11.3 Å². The van der Waals surface area contributed by atoms with Crippen molar-refractivity contribution >= 4 is 17.2 Å². The second kappa shape index (κ2) is 6.17. The Balaban J connectivity index is 1.78. The monoisotopic (exact) mass is 253 g/mol. The third kappa shape index (κ3) is 3.82. The molecule has 0 radical (unpaired) electrons. The first kappa shape index (κ1) is 12.6. The summed E-state index contributed by atoms with van der Waals surface area (Å²) in [5.41, 5.74) is 1.11. The number of carbonyl (C=O) groups excluding carboxylic acids is 1. The van der Waals surface area contributed by atoms with Gasteiger partial charge in [0, 0.05) is 20.2 Å². The van der Waals surface area contributed by atoms with Gasteiger partial charge in [0.05, 0.1) is 12.5 Å². The number of amides is 1. The highest BCUT2D eigenvalue weighted by atomic mass is 32.1. The third-order valence-corrected chi connectivity index (χ3v) is 3.84. The molecule has 0 unspecified atom stereocenters. The second-order valence-corrected chi connectivity index (χ2v) is 5.35. The lowest BCUT2D eigenvalue weighted by Gasteiger charge is -2.27. The van der Waals surface area contributed by atoms with E-state index in [1.165, 1.54) is 6.42 Å². The van der Waals surface area contributed by atoms with E-state index < -0.39 is 0 Å². The number of hydrogen-bond acceptors (Lipinski definition) is 3. The van der Waals surface area contributed by atoms with Crippen LogP contribution in [0, 0.1) is 0 Å². The molecule has 2 rings (SSSR count). The molecule has 0 saturated carbocycles. The van der Waals surface area contributed by atoms with Crippen LogP contribution in [-0.4, -0.2) is 37.1 Å². The van der Waals surface area contributed by atoms with Crippen LogP contribution in [0.25, 0.3) is 0 Å². The molecule has 94 valence electrons. The maximum atomic E-state index is 12.0. The van der Waals surface area contributed by atoms with Crippen LogP contribution in [0.1, 0.15) is 24.8 Å². The molecule has 1 amide bonds. The van der Waals surface area contributed by atoms with Gasteiger partial charge in [-0.1, -0.05) is 0 Å². The van der Waals surface area contributed by atoms with E-state index in [0.717, 1.165) is 31.6 Å². The Bertz CT molecular complexity index is 344. The van der Waals surface area contributed by atoms with E-state index in [1.807, 2.05) is 23.9 Å². The highest BCUT2D eigenvalue weighted by molar-refractivity contribution is 7.07. The van der Waals surface area contributed by atoms with E-state index in [9.17, 15) is 4.79 Å². The second-order valence-electron chi connectivity index (χ2n) is 4.57. The van der Waals surface area contributed by atoms with Crippen LogP contribution in [0.2, 0.25) is 0 Å². The quantitative estimate of drug-likeness (QED) is 0.824. The number of nitrogens with zero attached hydrogens (tertiary/aromatic N) is 1. The molecule has 1 aromatic heterocycles. The van der Waals surface area contributed by atoms with Crippen molar-refractivity contribution in [3.63, 3.8) is 0 Å². The summed E-state index contributed by atoms with van der Waals surface area (Å²) in [7, 11) is 1.87. The molecular formula is C13H19NO2S. The smallest absolute Gasteiger partial charge is 0.226 e. The van der Waals surface area contributed by atoms with Crippen LogP contribution < -0.4 is 0 Å². The molecule has 1 aliphatic heterocycles. The Morgan fingerprint density at radius 2 is 2.47 bits per heavy atom. The Labute approximate surface area is 106 Å². The molecule has 1 saturated heterocycles. The lowest BCUT2D eigenvalue weighted by molar-refractivity contribution is -0.131. The van der Waals surface area contributed by atoms with Crippen molar-refractivity contribution in [2.24, 2.45) is 0 Å². The summed E-state index contributed by atoms with van der Waals surface area (Å²) in [6, 6.07) is 2.01. The number of hydrogen-bond donors (Lipinski definition) is 0. The molecule has 1 fully saturated rings. The summed E-state index contributed by atoms with van der Waals surface area (Å²) < 4.78 is 5.64. The summed E-state index contributed by atoms with van der Waals surface area (Å²) in [6.07, 6.45) is 4.20. The van der Waals surface area contributed by atoms with E-state index in [1.54, 1.807) is 16.2 Å². The van der Waals surface area contributed by atoms with Crippen LogP contribution >= 0.6 is 11.3 Å². The van der Waals surface area contributed by atoms with Gasteiger partial charge in [0.1, 0.15) is 0 Å². The fourth-order valence-corrected chi connectivity index (χ4v) is 2.73. The number of ether oxygens (including phenoxy) is 1. The molecule has 1 aromatic rings. The Morgan fingerprint density at radius 3 is 3.12 bits per heavy atom. The molecule has 1 atom stereocenters. The van der Waals surface area contributed by atoms with Gasteiger partial charge in [-0.15, -0.1) is 0 Å². The van der Waals surface area contributed by atoms with Crippen molar-refractivity contribution < 1.29 is 9.53 Å². The van der Waals surface area contributed by atoms with Crippen LogP contribution in [0.5, 0.6) is 0 Å². The Hall–Kier alpha value is -0.870. The summed E-state index contributed by atoms with van der Waals surface area (Å²) in [6.45, 7) is 1.57. The third-order valence-electron chi connectivity index (χ3n) is 3.11. The number of carbonyl (C=O) groups is 1. The van der Waals surface area contributed by atoms with E-state index in [-0.39, 0.29) is 12.0 Å². The van der Waals surface area contributed by atoms with Gasteiger partial charge in [-0.3, -0.25) is 4.79 Å². The van der Waals surface area contributed by atoms with Crippen molar-refractivity contribution in [1.82, 2.24) is 4.90 Å². The first-order chi connectivity index (χ1) is 8.25. The molecule has 0 aromatic carbocycles. The largest absolute Gasteiger partial charge is 0.376 e. The van der Waals surface area contributed by atoms with Gasteiger partial charge < -0.3 is 9.64 Å². The Morgan fingerprint density at radius 1 is 1.59 bits per heavy atom. The van der Waals surface area contributed by atoms with Gasteiger partial charge in [0.15, 0.2) is 0 Å². The summed E-state index contributed by atoms with van der Waals surface area (Å²) >= 11 is 1.63. The summed E-state index contributed by atoms with van der Waals surface area (Å²) in [5.74, 6) is 0.178. The minimum Gasteiger partial charge on any atom is -0.376 e. The fraction of sp³-hybridized carbons (Fsp3) is 0.615. The van der Waals surface area contributed by atoms with E-state index in [0.29, 0.717) is 6.42 Å². The molecule has 4 heteroatoms. The summed E-state index contributed by atoms with van der Waals surface area (Å²) in [5, 5.41) is 4.04. The molecule has 3 nitrogen and oxygen atoms in total. The minimum atomic E-state index is 0.178. The standard InChI is InChI=1S/C13H19NO2S/c1-14(9-12-4-2-3-6-16-12)13(15)8-11-5-7-17-10-11/h5,7,10,12H,2-4,6,8-9H2,1H3/t12-/m0/s1. The van der Waals surface area contributed by atoms with Crippen molar-refractivity contribution in [2.45, 2.75) is 31.8 Å². The molecule has 0 bridgehead atoms. The van der Waals surface area contributed by atoms with Crippen molar-refractivity contribution in [3.05, 3.63) is 22.4 Å². The first-order valence-corrected chi connectivity index (χ1v) is 7.06. The SMILES string of the molecule is CN(C[C@@H]1CCCCO1)C(=O)Cc1ccsc1. The molecule has 0 spiro atoms. The predicted octanol–water partition coefficient (Wildman–Crippen LogP) is 2.32. The fourth-order valence-electron chi connectivity index (χ4n) is 2.06. The van der Waals surface area contributed by atoms with Crippen molar-refractivity contribution in [3.8, 4) is 0 Å². The zero-order chi connectivity index (χ0) is 12.1. The van der Waals surface area contributed by atoms with Gasteiger partial charge in [-0.25, -0.2) is 0 Å². The zero-order valence-electron chi connectivity index (χ0n) is 10.2. The molecule has 0 N–H and O–H groups in total. The highest BCUT2D eigenvalue weighted by Crippen LogP contribution is 2.14. The van der Waals surface area contributed by atoms with Crippen LogP contribution in [0.3, 0.4) is 0 Å². The molecular weight excluding hydrogens is 234 g/mol. The van der Waals surface area contributed by atoms with Crippen molar-refractivity contribution in [1.29, 1.82) is 0 Å². The molecule has 2 heterocycles. The molecule has 17 heavy (non-hydrogen) atoms. The summed E-state index contributed by atoms with van der Waals surface area (Å²) in [4.78, 5) is 13.8.